The van der Waals surface area contributed by atoms with Gasteiger partial charge in [-0.05, 0) is 34.8 Å². The SMILES string of the molecule is Fc1cc(Oc2nnc(CNC3CC3)s2)c(Br)cc1Cl. The van der Waals surface area contributed by atoms with Gasteiger partial charge in [0.1, 0.15) is 16.6 Å². The van der Waals surface area contributed by atoms with E-state index < -0.39 is 5.82 Å². The molecule has 0 spiro atoms. The first kappa shape index (κ1) is 14.2. The molecule has 3 rings (SSSR count). The molecule has 0 aliphatic heterocycles. The van der Waals surface area contributed by atoms with Crippen molar-refractivity contribution in [1.29, 1.82) is 0 Å². The van der Waals surface area contributed by atoms with E-state index in [1.165, 1.54) is 36.3 Å². The zero-order valence-electron chi connectivity index (χ0n) is 10.2. The van der Waals surface area contributed by atoms with Gasteiger partial charge in [-0.2, -0.15) is 0 Å². The summed E-state index contributed by atoms with van der Waals surface area (Å²) in [5.41, 5.74) is 0. The van der Waals surface area contributed by atoms with E-state index in [1.807, 2.05) is 0 Å². The summed E-state index contributed by atoms with van der Waals surface area (Å²) in [5.74, 6) is -0.213. The van der Waals surface area contributed by atoms with Crippen molar-refractivity contribution in [1.82, 2.24) is 15.5 Å². The quantitative estimate of drug-likeness (QED) is 0.795. The topological polar surface area (TPSA) is 47.0 Å². The van der Waals surface area contributed by atoms with Crippen molar-refractivity contribution < 1.29 is 9.13 Å². The van der Waals surface area contributed by atoms with Gasteiger partial charge >= 0.3 is 0 Å². The number of hydrogen-bond acceptors (Lipinski definition) is 5. The number of nitrogens with one attached hydrogen (secondary N) is 1. The van der Waals surface area contributed by atoms with E-state index >= 15 is 0 Å². The molecule has 1 aliphatic rings. The predicted octanol–water partition coefficient (Wildman–Crippen LogP) is 4.14. The Morgan fingerprint density at radius 3 is 3.00 bits per heavy atom. The third kappa shape index (κ3) is 3.46. The zero-order chi connectivity index (χ0) is 14.1. The minimum Gasteiger partial charge on any atom is -0.428 e. The fourth-order valence-corrected chi connectivity index (χ4v) is 2.92. The third-order valence-corrected chi connectivity index (χ3v) is 4.45. The minimum absolute atomic E-state index is 0.0378. The second kappa shape index (κ2) is 5.93. The molecule has 0 radical (unpaired) electrons. The van der Waals surface area contributed by atoms with Crippen LogP contribution in [0.25, 0.3) is 0 Å². The first-order valence-electron chi connectivity index (χ1n) is 6.00. The second-order valence-electron chi connectivity index (χ2n) is 4.42. The largest absolute Gasteiger partial charge is 0.428 e. The molecule has 1 aliphatic carbocycles. The van der Waals surface area contributed by atoms with E-state index in [-0.39, 0.29) is 5.02 Å². The molecule has 0 atom stereocenters. The van der Waals surface area contributed by atoms with Gasteiger partial charge in [0.2, 0.25) is 0 Å². The number of nitrogens with zero attached hydrogens (tertiary/aromatic N) is 2. The van der Waals surface area contributed by atoms with Crippen LogP contribution in [0, 0.1) is 5.82 Å². The maximum Gasteiger partial charge on any atom is 0.299 e. The van der Waals surface area contributed by atoms with Crippen LogP contribution in [0.4, 0.5) is 4.39 Å². The van der Waals surface area contributed by atoms with Crippen LogP contribution in [-0.2, 0) is 6.54 Å². The average molecular weight is 379 g/mol. The lowest BCUT2D eigenvalue weighted by Gasteiger charge is -2.04. The fraction of sp³-hybridized carbons (Fsp3) is 0.333. The van der Waals surface area contributed by atoms with Crippen LogP contribution in [0.2, 0.25) is 5.02 Å². The summed E-state index contributed by atoms with van der Waals surface area (Å²) >= 11 is 10.3. The van der Waals surface area contributed by atoms with Crippen molar-refractivity contribution in [2.24, 2.45) is 0 Å². The molecule has 0 bridgehead atoms. The van der Waals surface area contributed by atoms with Crippen molar-refractivity contribution >= 4 is 38.9 Å². The first-order valence-corrected chi connectivity index (χ1v) is 7.99. The molecule has 2 aromatic rings. The molecule has 1 fully saturated rings. The molecule has 20 heavy (non-hydrogen) atoms. The molecule has 1 heterocycles. The van der Waals surface area contributed by atoms with Crippen molar-refractivity contribution in [3.8, 4) is 10.9 Å². The molecule has 1 saturated carbocycles. The molecule has 0 saturated heterocycles. The summed E-state index contributed by atoms with van der Waals surface area (Å²) in [6, 6.07) is 3.28. The van der Waals surface area contributed by atoms with Crippen LogP contribution in [-0.4, -0.2) is 16.2 Å². The predicted molar refractivity (Wildman–Crippen MR) is 79.0 cm³/mol. The monoisotopic (exact) mass is 377 g/mol. The number of benzene rings is 1. The summed E-state index contributed by atoms with van der Waals surface area (Å²) < 4.78 is 19.5. The number of rotatable bonds is 5. The van der Waals surface area contributed by atoms with Crippen LogP contribution in [0.15, 0.2) is 16.6 Å². The Morgan fingerprint density at radius 1 is 1.45 bits per heavy atom. The van der Waals surface area contributed by atoms with E-state index in [9.17, 15) is 4.39 Å². The Hall–Kier alpha value is -0.760. The van der Waals surface area contributed by atoms with E-state index in [0.717, 1.165) is 5.01 Å². The Balaban J connectivity index is 1.69. The number of ether oxygens (including phenoxy) is 1. The van der Waals surface area contributed by atoms with E-state index in [1.54, 1.807) is 0 Å². The Morgan fingerprint density at radius 2 is 2.25 bits per heavy atom. The highest BCUT2D eigenvalue weighted by Crippen LogP contribution is 2.34. The van der Waals surface area contributed by atoms with Crippen molar-refractivity contribution in [2.45, 2.75) is 25.4 Å². The standard InChI is InChI=1S/C12H10BrClFN3OS/c13-7-3-8(14)9(15)4-10(7)19-12-18-17-11(20-12)5-16-6-1-2-6/h3-4,6,16H,1-2,5H2. The average Bonchev–Trinajstić information content (AvgIpc) is 3.14. The lowest BCUT2D eigenvalue weighted by Crippen LogP contribution is -2.14. The molecule has 4 nitrogen and oxygen atoms in total. The summed E-state index contributed by atoms with van der Waals surface area (Å²) in [6.07, 6.45) is 2.44. The first-order chi connectivity index (χ1) is 9.61. The zero-order valence-corrected chi connectivity index (χ0v) is 13.4. The number of aromatic nitrogens is 2. The smallest absolute Gasteiger partial charge is 0.299 e. The molecular weight excluding hydrogens is 369 g/mol. The van der Waals surface area contributed by atoms with E-state index in [4.69, 9.17) is 16.3 Å². The lowest BCUT2D eigenvalue weighted by atomic mass is 10.3. The van der Waals surface area contributed by atoms with Gasteiger partial charge in [-0.25, -0.2) is 4.39 Å². The highest BCUT2D eigenvalue weighted by atomic mass is 79.9. The molecule has 1 N–H and O–H groups in total. The van der Waals surface area contributed by atoms with Gasteiger partial charge in [0.15, 0.2) is 0 Å². The van der Waals surface area contributed by atoms with Crippen molar-refractivity contribution in [2.75, 3.05) is 0 Å². The highest BCUT2D eigenvalue weighted by Gasteiger charge is 2.21. The van der Waals surface area contributed by atoms with Crippen molar-refractivity contribution in [3.05, 3.63) is 32.5 Å². The minimum atomic E-state index is -0.537. The van der Waals surface area contributed by atoms with Crippen LogP contribution in [0.3, 0.4) is 0 Å². The molecule has 1 aromatic heterocycles. The van der Waals surface area contributed by atoms with Crippen molar-refractivity contribution in [3.63, 3.8) is 0 Å². The molecule has 1 aromatic carbocycles. The van der Waals surface area contributed by atoms with Gasteiger partial charge in [-0.1, -0.05) is 28.0 Å². The fourth-order valence-electron chi connectivity index (χ4n) is 1.55. The summed E-state index contributed by atoms with van der Waals surface area (Å²) in [6.45, 7) is 0.682. The summed E-state index contributed by atoms with van der Waals surface area (Å²) in [5, 5.41) is 12.6. The molecule has 0 unspecified atom stereocenters. The van der Waals surface area contributed by atoms with Crippen LogP contribution in [0.1, 0.15) is 17.8 Å². The van der Waals surface area contributed by atoms with Gasteiger partial charge in [-0.3, -0.25) is 0 Å². The molecular formula is C12H10BrClFN3OS. The van der Waals surface area contributed by atoms with Gasteiger partial charge in [0.25, 0.3) is 5.19 Å². The van der Waals surface area contributed by atoms with Gasteiger partial charge in [0.05, 0.1) is 16.0 Å². The molecule has 0 amide bonds. The Labute approximate surface area is 132 Å². The maximum absolute atomic E-state index is 13.4. The lowest BCUT2D eigenvalue weighted by molar-refractivity contribution is 0.464. The van der Waals surface area contributed by atoms with Crippen LogP contribution in [0.5, 0.6) is 10.9 Å². The van der Waals surface area contributed by atoms with Gasteiger partial charge in [0, 0.05) is 12.1 Å². The molecule has 106 valence electrons. The van der Waals surface area contributed by atoms with Gasteiger partial charge in [-0.15, -0.1) is 5.10 Å². The van der Waals surface area contributed by atoms with Crippen LogP contribution < -0.4 is 10.1 Å². The summed E-state index contributed by atoms with van der Waals surface area (Å²) in [4.78, 5) is 0. The highest BCUT2D eigenvalue weighted by molar-refractivity contribution is 9.10. The maximum atomic E-state index is 13.4. The number of hydrogen-bond donors (Lipinski definition) is 1. The third-order valence-electron chi connectivity index (χ3n) is 2.74. The summed E-state index contributed by atoms with van der Waals surface area (Å²) in [7, 11) is 0. The second-order valence-corrected chi connectivity index (χ2v) is 6.70. The Kier molecular flexibility index (Phi) is 4.21. The Bertz CT molecular complexity index is 635. The normalized spacial score (nSPS) is 14.6. The van der Waals surface area contributed by atoms with Crippen LogP contribution >= 0.6 is 38.9 Å². The molecule has 8 heteroatoms. The van der Waals surface area contributed by atoms with E-state index in [0.29, 0.717) is 28.0 Å². The number of halogens is 3. The van der Waals surface area contributed by atoms with E-state index in [2.05, 4.69) is 31.4 Å². The van der Waals surface area contributed by atoms with Gasteiger partial charge < -0.3 is 10.1 Å².